The van der Waals surface area contributed by atoms with Crippen LogP contribution in [-0.4, -0.2) is 20.9 Å². The van der Waals surface area contributed by atoms with Gasteiger partial charge in [-0.15, -0.1) is 0 Å². The summed E-state index contributed by atoms with van der Waals surface area (Å²) < 4.78 is 28.2. The molecule has 7 heteroatoms. The lowest BCUT2D eigenvalue weighted by Crippen LogP contribution is -2.26. The summed E-state index contributed by atoms with van der Waals surface area (Å²) in [6.45, 7) is 0.455. The van der Waals surface area contributed by atoms with Gasteiger partial charge in [0.25, 0.3) is 5.91 Å². The third kappa shape index (κ3) is 4.26. The number of benzene rings is 2. The van der Waals surface area contributed by atoms with E-state index in [1.165, 1.54) is 43.9 Å². The van der Waals surface area contributed by atoms with Crippen LogP contribution in [0.2, 0.25) is 0 Å². The fourth-order valence-electron chi connectivity index (χ4n) is 3.87. The molecule has 0 spiro atoms. The number of nitrogens with one attached hydrogen (secondary N) is 2. The Hall–Kier alpha value is -1.83. The van der Waals surface area contributed by atoms with E-state index < -0.39 is 10.0 Å². The molecule has 2 N–H and O–H groups in total. The van der Waals surface area contributed by atoms with Crippen LogP contribution in [0.25, 0.3) is 0 Å². The molecular formula is C21H24N2O3S2. The Morgan fingerprint density at radius 1 is 1.04 bits per heavy atom. The largest absolute Gasteiger partial charge is 0.321 e. The van der Waals surface area contributed by atoms with E-state index in [1.807, 2.05) is 18.2 Å². The Morgan fingerprint density at radius 2 is 1.82 bits per heavy atom. The Balaban J connectivity index is 1.49. The van der Waals surface area contributed by atoms with E-state index in [0.717, 1.165) is 16.2 Å². The molecule has 2 aromatic rings. The van der Waals surface area contributed by atoms with Crippen molar-refractivity contribution in [2.24, 2.45) is 5.92 Å². The molecule has 2 aliphatic rings. The molecule has 1 saturated carbocycles. The molecule has 28 heavy (non-hydrogen) atoms. The standard InChI is InChI=1S/C21H24N2O3S2/c24-21-17-8-4-5-9-19(17)27-20-11-10-16(14-18(20)23-21)28(25,26)22-13-12-15-6-2-1-3-7-15/h4-5,8-11,14-15,22H,1-3,6-7,12-13H2,(H,23,24). The van der Waals surface area contributed by atoms with Crippen LogP contribution >= 0.6 is 11.8 Å². The number of sulfonamides is 1. The topological polar surface area (TPSA) is 75.3 Å². The monoisotopic (exact) mass is 416 g/mol. The van der Waals surface area contributed by atoms with E-state index in [0.29, 0.717) is 23.7 Å². The van der Waals surface area contributed by atoms with E-state index >= 15 is 0 Å². The number of hydrogen-bond donors (Lipinski definition) is 2. The predicted molar refractivity (Wildman–Crippen MR) is 111 cm³/mol. The normalized spacial score (nSPS) is 17.4. The van der Waals surface area contributed by atoms with E-state index in [-0.39, 0.29) is 10.8 Å². The van der Waals surface area contributed by atoms with Crippen LogP contribution in [0.4, 0.5) is 5.69 Å². The highest BCUT2D eigenvalue weighted by atomic mass is 32.2. The van der Waals surface area contributed by atoms with Crippen molar-refractivity contribution < 1.29 is 13.2 Å². The molecular weight excluding hydrogens is 392 g/mol. The SMILES string of the molecule is O=C1Nc2cc(S(=O)(=O)NCCC3CCCCC3)ccc2Sc2ccccc21. The maximum absolute atomic E-state index is 12.7. The summed E-state index contributed by atoms with van der Waals surface area (Å²) in [7, 11) is -3.60. The first-order valence-electron chi connectivity index (χ1n) is 9.75. The van der Waals surface area contributed by atoms with Crippen LogP contribution in [0.1, 0.15) is 48.9 Å². The number of anilines is 1. The molecule has 4 rings (SSSR count). The van der Waals surface area contributed by atoms with Crippen molar-refractivity contribution in [3.05, 3.63) is 48.0 Å². The number of carbonyl (C=O) groups excluding carboxylic acids is 1. The Labute approximate surface area is 170 Å². The van der Waals surface area contributed by atoms with Crippen molar-refractivity contribution in [3.63, 3.8) is 0 Å². The van der Waals surface area contributed by atoms with Crippen molar-refractivity contribution >= 4 is 33.4 Å². The van der Waals surface area contributed by atoms with Crippen molar-refractivity contribution in [1.82, 2.24) is 4.72 Å². The molecule has 5 nitrogen and oxygen atoms in total. The molecule has 148 valence electrons. The van der Waals surface area contributed by atoms with E-state index in [9.17, 15) is 13.2 Å². The number of rotatable bonds is 5. The number of amides is 1. The first-order valence-corrected chi connectivity index (χ1v) is 12.0. The van der Waals surface area contributed by atoms with Gasteiger partial charge in [-0.1, -0.05) is 56.0 Å². The minimum absolute atomic E-state index is 0.182. The predicted octanol–water partition coefficient (Wildman–Crippen LogP) is 4.65. The molecule has 2 aromatic carbocycles. The first-order chi connectivity index (χ1) is 13.5. The van der Waals surface area contributed by atoms with Crippen LogP contribution in [0.15, 0.2) is 57.2 Å². The van der Waals surface area contributed by atoms with Gasteiger partial charge in [-0.05, 0) is 42.7 Å². The summed E-state index contributed by atoms with van der Waals surface area (Å²) in [5.74, 6) is 0.402. The molecule has 1 fully saturated rings. The van der Waals surface area contributed by atoms with Crippen molar-refractivity contribution in [1.29, 1.82) is 0 Å². The quantitative estimate of drug-likeness (QED) is 0.744. The summed E-state index contributed by atoms with van der Waals surface area (Å²) in [5.41, 5.74) is 1.13. The van der Waals surface area contributed by atoms with Gasteiger partial charge in [-0.2, -0.15) is 0 Å². The minimum Gasteiger partial charge on any atom is -0.321 e. The van der Waals surface area contributed by atoms with Gasteiger partial charge in [0.05, 0.1) is 16.1 Å². The third-order valence-electron chi connectivity index (χ3n) is 5.43. The highest BCUT2D eigenvalue weighted by Crippen LogP contribution is 2.39. The van der Waals surface area contributed by atoms with Crippen LogP contribution in [0.3, 0.4) is 0 Å². The number of carbonyl (C=O) groups is 1. The summed E-state index contributed by atoms with van der Waals surface area (Å²) in [5, 5.41) is 2.85. The molecule has 0 atom stereocenters. The highest BCUT2D eigenvalue weighted by Gasteiger charge is 2.23. The van der Waals surface area contributed by atoms with E-state index in [2.05, 4.69) is 10.0 Å². The van der Waals surface area contributed by atoms with Crippen LogP contribution in [0, 0.1) is 5.92 Å². The van der Waals surface area contributed by atoms with Gasteiger partial charge in [0, 0.05) is 16.3 Å². The highest BCUT2D eigenvalue weighted by molar-refractivity contribution is 7.99. The fourth-order valence-corrected chi connectivity index (χ4v) is 5.95. The summed E-state index contributed by atoms with van der Waals surface area (Å²) in [4.78, 5) is 14.4. The van der Waals surface area contributed by atoms with Gasteiger partial charge in [0.1, 0.15) is 0 Å². The smallest absolute Gasteiger partial charge is 0.256 e. The Morgan fingerprint density at radius 3 is 2.64 bits per heavy atom. The fraction of sp³-hybridized carbons (Fsp3) is 0.381. The lowest BCUT2D eigenvalue weighted by atomic mass is 9.87. The molecule has 1 amide bonds. The minimum atomic E-state index is -3.60. The average Bonchev–Trinajstić information content (AvgIpc) is 2.84. The second-order valence-corrected chi connectivity index (χ2v) is 10.3. The van der Waals surface area contributed by atoms with Crippen LogP contribution in [0.5, 0.6) is 0 Å². The van der Waals surface area contributed by atoms with E-state index in [4.69, 9.17) is 0 Å². The van der Waals surface area contributed by atoms with Crippen LogP contribution < -0.4 is 10.0 Å². The Kier molecular flexibility index (Phi) is 5.75. The number of hydrogen-bond acceptors (Lipinski definition) is 4. The Bertz CT molecular complexity index is 983. The van der Waals surface area contributed by atoms with Crippen molar-refractivity contribution in [2.45, 2.75) is 53.2 Å². The molecule has 0 unspecified atom stereocenters. The van der Waals surface area contributed by atoms with Crippen LogP contribution in [-0.2, 0) is 10.0 Å². The van der Waals surface area contributed by atoms with Gasteiger partial charge in [-0.3, -0.25) is 4.79 Å². The lowest BCUT2D eigenvalue weighted by Gasteiger charge is -2.21. The van der Waals surface area contributed by atoms with Crippen molar-refractivity contribution in [2.75, 3.05) is 11.9 Å². The number of fused-ring (bicyclic) bond motifs is 2. The second-order valence-electron chi connectivity index (χ2n) is 7.40. The van der Waals surface area contributed by atoms with Gasteiger partial charge in [0.2, 0.25) is 10.0 Å². The molecule has 1 aliphatic heterocycles. The summed E-state index contributed by atoms with van der Waals surface area (Å²) in [6.07, 6.45) is 7.08. The zero-order valence-corrected chi connectivity index (χ0v) is 17.2. The third-order valence-corrected chi connectivity index (χ3v) is 8.04. The maximum Gasteiger partial charge on any atom is 0.256 e. The van der Waals surface area contributed by atoms with Gasteiger partial charge in [0.15, 0.2) is 0 Å². The van der Waals surface area contributed by atoms with Gasteiger partial charge < -0.3 is 5.32 Å². The molecule has 0 saturated heterocycles. The summed E-state index contributed by atoms with van der Waals surface area (Å²) in [6, 6.07) is 12.3. The summed E-state index contributed by atoms with van der Waals surface area (Å²) >= 11 is 1.46. The van der Waals surface area contributed by atoms with E-state index in [1.54, 1.807) is 24.3 Å². The molecule has 1 aliphatic carbocycles. The lowest BCUT2D eigenvalue weighted by molar-refractivity contribution is 0.102. The maximum atomic E-state index is 12.7. The molecule has 0 bridgehead atoms. The van der Waals surface area contributed by atoms with Gasteiger partial charge >= 0.3 is 0 Å². The molecule has 1 heterocycles. The second kappa shape index (κ2) is 8.27. The molecule has 0 aromatic heterocycles. The first kappa shape index (κ1) is 19.5. The van der Waals surface area contributed by atoms with Gasteiger partial charge in [-0.25, -0.2) is 13.1 Å². The zero-order chi connectivity index (χ0) is 19.6. The molecule has 0 radical (unpaired) electrons. The average molecular weight is 417 g/mol. The zero-order valence-electron chi connectivity index (χ0n) is 15.6. The van der Waals surface area contributed by atoms with Crippen molar-refractivity contribution in [3.8, 4) is 0 Å².